The molecular formula is C25H30BrClN4. The summed E-state index contributed by atoms with van der Waals surface area (Å²) >= 11 is 9.80. The second-order valence-corrected chi connectivity index (χ2v) is 9.17. The fourth-order valence-electron chi connectivity index (χ4n) is 4.14. The van der Waals surface area contributed by atoms with Crippen LogP contribution in [0.5, 0.6) is 0 Å². The largest absolute Gasteiger partial charge is 0.330 e. The molecule has 1 heterocycles. The molecule has 3 aromatic rings. The number of fused-ring (bicyclic) bond motifs is 1. The minimum absolute atomic E-state index is 0.252. The summed E-state index contributed by atoms with van der Waals surface area (Å²) in [6, 6.07) is 14.0. The van der Waals surface area contributed by atoms with Gasteiger partial charge in [-0.15, -0.1) is 0 Å². The van der Waals surface area contributed by atoms with Gasteiger partial charge >= 0.3 is 0 Å². The number of nitrogens with zero attached hydrogens (tertiary/aromatic N) is 3. The molecule has 2 aromatic carbocycles. The summed E-state index contributed by atoms with van der Waals surface area (Å²) in [5, 5.41) is 1.71. The van der Waals surface area contributed by atoms with Crippen molar-refractivity contribution in [2.45, 2.75) is 39.2 Å². The molecule has 0 amide bonds. The molecule has 0 spiro atoms. The average Bonchev–Trinajstić information content (AvgIpc) is 2.77. The Morgan fingerprint density at radius 2 is 1.77 bits per heavy atom. The molecule has 1 atom stereocenters. The van der Waals surface area contributed by atoms with E-state index in [0.717, 1.165) is 52.6 Å². The normalized spacial score (nSPS) is 13.9. The molecule has 1 aromatic heterocycles. The zero-order valence-corrected chi connectivity index (χ0v) is 20.7. The molecule has 0 saturated heterocycles. The highest BCUT2D eigenvalue weighted by Gasteiger charge is 2.35. The molecule has 0 aliphatic rings. The number of rotatable bonds is 9. The standard InChI is InChI=1S/C25H30BrClN4/c1-4-31(5-2)25(3,15-6-16-28)24-21-13-12-20(27)17-22(21)29-23(30-24)14-9-18-7-10-19(26)11-8-18/h7-14,17H,4-6,15-16,28H2,1-3H3. The van der Waals surface area contributed by atoms with Crippen molar-refractivity contribution in [3.63, 3.8) is 0 Å². The molecule has 0 bridgehead atoms. The van der Waals surface area contributed by atoms with Gasteiger partial charge in [0.15, 0.2) is 5.82 Å². The van der Waals surface area contributed by atoms with Crippen LogP contribution in [0.2, 0.25) is 5.02 Å². The predicted octanol–water partition coefficient (Wildman–Crippen LogP) is 6.51. The molecule has 1 unspecified atom stereocenters. The van der Waals surface area contributed by atoms with Crippen LogP contribution in [0, 0.1) is 0 Å². The van der Waals surface area contributed by atoms with Crippen molar-refractivity contribution in [1.82, 2.24) is 14.9 Å². The van der Waals surface area contributed by atoms with Gasteiger partial charge in [0.05, 0.1) is 16.7 Å². The van der Waals surface area contributed by atoms with Crippen LogP contribution in [0.3, 0.4) is 0 Å². The summed E-state index contributed by atoms with van der Waals surface area (Å²) in [5.41, 5.74) is 8.63. The van der Waals surface area contributed by atoms with E-state index in [4.69, 9.17) is 27.3 Å². The van der Waals surface area contributed by atoms with Gasteiger partial charge in [0.25, 0.3) is 0 Å². The first kappa shape index (κ1) is 23.9. The number of hydrogen-bond acceptors (Lipinski definition) is 4. The van der Waals surface area contributed by atoms with Crippen molar-refractivity contribution >= 4 is 50.6 Å². The Balaban J connectivity index is 2.16. The maximum absolute atomic E-state index is 6.32. The molecule has 31 heavy (non-hydrogen) atoms. The van der Waals surface area contributed by atoms with E-state index in [1.54, 1.807) is 0 Å². The quantitative estimate of drug-likeness (QED) is 0.363. The highest BCUT2D eigenvalue weighted by molar-refractivity contribution is 9.10. The van der Waals surface area contributed by atoms with E-state index in [0.29, 0.717) is 17.4 Å². The number of aromatic nitrogens is 2. The molecule has 0 radical (unpaired) electrons. The highest BCUT2D eigenvalue weighted by Crippen LogP contribution is 2.36. The van der Waals surface area contributed by atoms with Crippen molar-refractivity contribution in [2.75, 3.05) is 19.6 Å². The van der Waals surface area contributed by atoms with Gasteiger partial charge in [0.1, 0.15) is 0 Å². The van der Waals surface area contributed by atoms with Crippen molar-refractivity contribution in [3.8, 4) is 0 Å². The minimum Gasteiger partial charge on any atom is -0.330 e. The molecule has 4 nitrogen and oxygen atoms in total. The first-order valence-corrected chi connectivity index (χ1v) is 11.9. The molecule has 3 rings (SSSR count). The van der Waals surface area contributed by atoms with Gasteiger partial charge in [-0.3, -0.25) is 4.90 Å². The van der Waals surface area contributed by atoms with Crippen LogP contribution in [0.15, 0.2) is 46.9 Å². The summed E-state index contributed by atoms with van der Waals surface area (Å²) in [6.45, 7) is 9.18. The maximum Gasteiger partial charge on any atom is 0.152 e. The number of halogens is 2. The van der Waals surface area contributed by atoms with E-state index in [9.17, 15) is 0 Å². The van der Waals surface area contributed by atoms with E-state index < -0.39 is 0 Å². The average molecular weight is 502 g/mol. The molecule has 164 valence electrons. The van der Waals surface area contributed by atoms with Gasteiger partial charge in [-0.2, -0.15) is 0 Å². The van der Waals surface area contributed by atoms with E-state index in [1.165, 1.54) is 0 Å². The SMILES string of the molecule is CCN(CC)C(C)(CCCN)c1nc(C=Cc2ccc(Br)cc2)nc2cc(Cl)ccc12. The Morgan fingerprint density at radius 3 is 2.42 bits per heavy atom. The van der Waals surface area contributed by atoms with Crippen LogP contribution in [0.25, 0.3) is 23.1 Å². The van der Waals surface area contributed by atoms with Gasteiger partial charge in [0, 0.05) is 14.9 Å². The first-order valence-electron chi connectivity index (χ1n) is 10.8. The van der Waals surface area contributed by atoms with Crippen molar-refractivity contribution in [2.24, 2.45) is 5.73 Å². The van der Waals surface area contributed by atoms with E-state index in [2.05, 4.69) is 53.7 Å². The first-order chi connectivity index (χ1) is 14.9. The zero-order valence-electron chi connectivity index (χ0n) is 18.4. The van der Waals surface area contributed by atoms with Crippen molar-refractivity contribution in [1.29, 1.82) is 0 Å². The zero-order chi connectivity index (χ0) is 22.4. The Labute approximate surface area is 198 Å². The number of benzene rings is 2. The Bertz CT molecular complexity index is 1050. The third kappa shape index (κ3) is 5.53. The smallest absolute Gasteiger partial charge is 0.152 e. The summed E-state index contributed by atoms with van der Waals surface area (Å²) in [6.07, 6.45) is 5.86. The van der Waals surface area contributed by atoms with Gasteiger partial charge in [0.2, 0.25) is 0 Å². The lowest BCUT2D eigenvalue weighted by Gasteiger charge is -2.40. The second kappa shape index (κ2) is 10.7. The van der Waals surface area contributed by atoms with Crippen molar-refractivity contribution in [3.05, 3.63) is 69.0 Å². The van der Waals surface area contributed by atoms with Gasteiger partial charge in [-0.1, -0.05) is 59.6 Å². The Hall–Kier alpha value is -1.79. The molecular weight excluding hydrogens is 472 g/mol. The summed E-state index contributed by atoms with van der Waals surface area (Å²) in [7, 11) is 0. The predicted molar refractivity (Wildman–Crippen MR) is 136 cm³/mol. The van der Waals surface area contributed by atoms with Crippen LogP contribution >= 0.6 is 27.5 Å². The maximum atomic E-state index is 6.32. The second-order valence-electron chi connectivity index (χ2n) is 7.82. The lowest BCUT2D eigenvalue weighted by Crippen LogP contribution is -2.45. The van der Waals surface area contributed by atoms with Gasteiger partial charge in [-0.05, 0) is 81.4 Å². The van der Waals surface area contributed by atoms with Gasteiger partial charge < -0.3 is 5.73 Å². The van der Waals surface area contributed by atoms with Crippen LogP contribution in [-0.2, 0) is 5.54 Å². The van der Waals surface area contributed by atoms with E-state index in [1.807, 2.05) is 42.5 Å². The molecule has 0 fully saturated rings. The summed E-state index contributed by atoms with van der Waals surface area (Å²) in [5.74, 6) is 0.679. The van der Waals surface area contributed by atoms with E-state index in [-0.39, 0.29) is 5.54 Å². The van der Waals surface area contributed by atoms with Crippen LogP contribution in [0.1, 0.15) is 50.7 Å². The number of nitrogens with two attached hydrogens (primary N) is 1. The summed E-state index contributed by atoms with van der Waals surface area (Å²) in [4.78, 5) is 12.3. The molecule has 6 heteroatoms. The minimum atomic E-state index is -0.252. The van der Waals surface area contributed by atoms with Gasteiger partial charge in [-0.25, -0.2) is 9.97 Å². The van der Waals surface area contributed by atoms with Crippen molar-refractivity contribution < 1.29 is 0 Å². The summed E-state index contributed by atoms with van der Waals surface area (Å²) < 4.78 is 1.05. The fourth-order valence-corrected chi connectivity index (χ4v) is 4.58. The lowest BCUT2D eigenvalue weighted by molar-refractivity contribution is 0.101. The van der Waals surface area contributed by atoms with E-state index >= 15 is 0 Å². The van der Waals surface area contributed by atoms with Crippen LogP contribution < -0.4 is 5.73 Å². The topological polar surface area (TPSA) is 55.0 Å². The van der Waals surface area contributed by atoms with Crippen LogP contribution in [-0.4, -0.2) is 34.5 Å². The molecule has 0 aliphatic heterocycles. The molecule has 0 saturated carbocycles. The number of hydrogen-bond donors (Lipinski definition) is 1. The molecule has 0 aliphatic carbocycles. The molecule has 2 N–H and O–H groups in total. The Morgan fingerprint density at radius 1 is 1.06 bits per heavy atom. The monoisotopic (exact) mass is 500 g/mol. The van der Waals surface area contributed by atoms with Crippen LogP contribution in [0.4, 0.5) is 0 Å². The Kier molecular flexibility index (Phi) is 8.23. The fraction of sp³-hybridized carbons (Fsp3) is 0.360. The third-order valence-corrected chi connectivity index (χ3v) is 6.57. The lowest BCUT2D eigenvalue weighted by atomic mass is 9.86. The highest BCUT2D eigenvalue weighted by atomic mass is 79.9. The third-order valence-electron chi connectivity index (χ3n) is 5.81.